The number of pyridine rings is 1. The van der Waals surface area contributed by atoms with Crippen molar-refractivity contribution in [2.24, 2.45) is 0 Å². The highest BCUT2D eigenvalue weighted by molar-refractivity contribution is 5.34. The number of nitrogens with zero attached hydrogens (tertiary/aromatic N) is 1. The van der Waals surface area contributed by atoms with Gasteiger partial charge in [-0.2, -0.15) is 0 Å². The molecule has 0 radical (unpaired) electrons. The number of aliphatic hydroxyl groups is 1. The van der Waals surface area contributed by atoms with Crippen LogP contribution in [0, 0.1) is 0 Å². The number of aliphatic hydroxyl groups excluding tert-OH is 1. The molecule has 2 aliphatic rings. The van der Waals surface area contributed by atoms with Gasteiger partial charge in [-0.15, -0.1) is 0 Å². The summed E-state index contributed by atoms with van der Waals surface area (Å²) >= 11 is 0. The Kier molecular flexibility index (Phi) is 2.51. The second-order valence-electron chi connectivity index (χ2n) is 4.12. The highest BCUT2D eigenvalue weighted by atomic mass is 16.6. The van der Waals surface area contributed by atoms with Gasteiger partial charge in [0.25, 0.3) is 0 Å². The van der Waals surface area contributed by atoms with E-state index in [0.29, 0.717) is 6.61 Å². The zero-order valence-corrected chi connectivity index (χ0v) is 8.74. The molecular formula is C11H14N2O3. The summed E-state index contributed by atoms with van der Waals surface area (Å²) in [4.78, 5) is 4.16. The van der Waals surface area contributed by atoms with Gasteiger partial charge >= 0.3 is 0 Å². The number of hydrogen-bond acceptors (Lipinski definition) is 5. The lowest BCUT2D eigenvalue weighted by Gasteiger charge is -2.16. The third-order valence-corrected chi connectivity index (χ3v) is 2.97. The van der Waals surface area contributed by atoms with Crippen molar-refractivity contribution in [1.29, 1.82) is 0 Å². The molecule has 0 bridgehead atoms. The minimum atomic E-state index is -0.500. The van der Waals surface area contributed by atoms with E-state index in [1.165, 1.54) is 0 Å². The zero-order chi connectivity index (χ0) is 11.0. The lowest BCUT2D eigenvalue weighted by atomic mass is 10.1. The molecule has 4 atom stereocenters. The Hall–Kier alpha value is -1.17. The lowest BCUT2D eigenvalue weighted by Crippen LogP contribution is -2.29. The number of aromatic nitrogens is 1. The predicted octanol–water partition coefficient (Wildman–Crippen LogP) is 0.368. The molecule has 16 heavy (non-hydrogen) atoms. The number of nitrogens with one attached hydrogen (secondary N) is 1. The Morgan fingerprint density at radius 1 is 1.44 bits per heavy atom. The van der Waals surface area contributed by atoms with Crippen LogP contribution in [0.1, 0.15) is 6.42 Å². The van der Waals surface area contributed by atoms with Crippen molar-refractivity contribution in [2.45, 2.75) is 31.0 Å². The summed E-state index contributed by atoms with van der Waals surface area (Å²) in [6.07, 6.45) is 1.67. The fourth-order valence-electron chi connectivity index (χ4n) is 2.20. The summed E-state index contributed by atoms with van der Waals surface area (Å²) in [7, 11) is 0. The van der Waals surface area contributed by atoms with E-state index in [0.717, 1.165) is 12.2 Å². The van der Waals surface area contributed by atoms with E-state index < -0.39 is 6.10 Å². The quantitative estimate of drug-likeness (QED) is 0.757. The van der Waals surface area contributed by atoms with Crippen LogP contribution in [0.4, 0.5) is 5.82 Å². The summed E-state index contributed by atoms with van der Waals surface area (Å²) in [5.41, 5.74) is 0. The Morgan fingerprint density at radius 2 is 2.38 bits per heavy atom. The summed E-state index contributed by atoms with van der Waals surface area (Å²) in [5.74, 6) is 0.780. The highest BCUT2D eigenvalue weighted by Gasteiger charge is 2.45. The van der Waals surface area contributed by atoms with Gasteiger partial charge in [-0.3, -0.25) is 0 Å². The summed E-state index contributed by atoms with van der Waals surface area (Å²) in [6.45, 7) is 0.381. The molecular weight excluding hydrogens is 208 g/mol. The fraction of sp³-hybridized carbons (Fsp3) is 0.545. The van der Waals surface area contributed by atoms with Crippen molar-refractivity contribution in [3.8, 4) is 0 Å². The first-order valence-corrected chi connectivity index (χ1v) is 5.45. The number of hydrogen-bond donors (Lipinski definition) is 2. The number of fused-ring (bicyclic) bond motifs is 1. The van der Waals surface area contributed by atoms with Gasteiger partial charge in [0.2, 0.25) is 0 Å². The van der Waals surface area contributed by atoms with Crippen LogP contribution in [0.2, 0.25) is 0 Å². The molecule has 2 fully saturated rings. The molecule has 3 heterocycles. The smallest absolute Gasteiger partial charge is 0.132 e. The van der Waals surface area contributed by atoms with Crippen LogP contribution < -0.4 is 5.32 Å². The highest BCUT2D eigenvalue weighted by Crippen LogP contribution is 2.30. The maximum Gasteiger partial charge on any atom is 0.132 e. The average molecular weight is 222 g/mol. The summed E-state index contributed by atoms with van der Waals surface area (Å²) in [6, 6.07) is 5.66. The Bertz CT molecular complexity index is 360. The van der Waals surface area contributed by atoms with E-state index in [4.69, 9.17) is 9.47 Å². The Morgan fingerprint density at radius 3 is 3.12 bits per heavy atom. The first kappa shape index (κ1) is 10.0. The van der Waals surface area contributed by atoms with Gasteiger partial charge in [0, 0.05) is 12.6 Å². The molecule has 0 unspecified atom stereocenters. The van der Waals surface area contributed by atoms with E-state index in [2.05, 4.69) is 10.3 Å². The maximum atomic E-state index is 9.59. The summed E-state index contributed by atoms with van der Waals surface area (Å²) < 4.78 is 11.1. The van der Waals surface area contributed by atoms with E-state index >= 15 is 0 Å². The van der Waals surface area contributed by atoms with Crippen LogP contribution in [0.25, 0.3) is 0 Å². The number of ether oxygens (including phenoxy) is 2. The van der Waals surface area contributed by atoms with Crippen molar-refractivity contribution >= 4 is 5.82 Å². The second kappa shape index (κ2) is 4.01. The molecule has 5 nitrogen and oxygen atoms in total. The topological polar surface area (TPSA) is 63.6 Å². The van der Waals surface area contributed by atoms with E-state index in [1.807, 2.05) is 18.2 Å². The molecule has 0 aromatic carbocycles. The summed E-state index contributed by atoms with van der Waals surface area (Å²) in [5, 5.41) is 12.8. The molecule has 1 aromatic heterocycles. The van der Waals surface area contributed by atoms with Crippen molar-refractivity contribution in [1.82, 2.24) is 4.98 Å². The van der Waals surface area contributed by atoms with Crippen LogP contribution in [-0.4, -0.2) is 41.2 Å². The van der Waals surface area contributed by atoms with Crippen molar-refractivity contribution < 1.29 is 14.6 Å². The lowest BCUT2D eigenvalue weighted by molar-refractivity contribution is -0.00959. The standard InChI is InChI=1S/C11H14N2O3/c14-7-6-15-8-5-10(16-11(7)8)13-9-3-1-2-4-12-9/h1-4,7-8,10-11,14H,5-6H2,(H,12,13)/t7-,8+,10+,11-/m1/s1. The van der Waals surface area contributed by atoms with Gasteiger partial charge < -0.3 is 19.9 Å². The number of anilines is 1. The fourth-order valence-corrected chi connectivity index (χ4v) is 2.20. The normalized spacial score (nSPS) is 37.3. The molecule has 1 aromatic rings. The zero-order valence-electron chi connectivity index (χ0n) is 8.74. The Labute approximate surface area is 93.4 Å². The molecule has 0 saturated carbocycles. The minimum absolute atomic E-state index is 0.0104. The monoisotopic (exact) mass is 222 g/mol. The average Bonchev–Trinajstić information content (AvgIpc) is 2.83. The van der Waals surface area contributed by atoms with Crippen LogP contribution in [0.15, 0.2) is 24.4 Å². The van der Waals surface area contributed by atoms with Crippen LogP contribution in [0.5, 0.6) is 0 Å². The Balaban J connectivity index is 1.63. The molecule has 2 aliphatic heterocycles. The molecule has 0 aliphatic carbocycles. The SMILES string of the molecule is O[C@@H]1CO[C@H]2C[C@@H](Nc3ccccn3)O[C@H]12. The van der Waals surface area contributed by atoms with E-state index in [-0.39, 0.29) is 18.4 Å². The largest absolute Gasteiger partial charge is 0.388 e. The van der Waals surface area contributed by atoms with Gasteiger partial charge in [0.05, 0.1) is 12.7 Å². The molecule has 0 spiro atoms. The van der Waals surface area contributed by atoms with Gasteiger partial charge in [-0.25, -0.2) is 4.98 Å². The third kappa shape index (κ3) is 1.77. The second-order valence-corrected chi connectivity index (χ2v) is 4.12. The van der Waals surface area contributed by atoms with Crippen LogP contribution in [0.3, 0.4) is 0 Å². The van der Waals surface area contributed by atoms with Crippen LogP contribution >= 0.6 is 0 Å². The van der Waals surface area contributed by atoms with Gasteiger partial charge in [0.15, 0.2) is 0 Å². The first-order valence-electron chi connectivity index (χ1n) is 5.45. The van der Waals surface area contributed by atoms with Crippen molar-refractivity contribution in [2.75, 3.05) is 11.9 Å². The van der Waals surface area contributed by atoms with Crippen LogP contribution in [-0.2, 0) is 9.47 Å². The number of rotatable bonds is 2. The molecule has 2 N–H and O–H groups in total. The molecule has 3 rings (SSSR count). The van der Waals surface area contributed by atoms with E-state index in [9.17, 15) is 5.11 Å². The van der Waals surface area contributed by atoms with Crippen molar-refractivity contribution in [3.05, 3.63) is 24.4 Å². The third-order valence-electron chi connectivity index (χ3n) is 2.97. The maximum absolute atomic E-state index is 9.59. The van der Waals surface area contributed by atoms with E-state index in [1.54, 1.807) is 6.20 Å². The first-order chi connectivity index (χ1) is 7.83. The molecule has 2 saturated heterocycles. The van der Waals surface area contributed by atoms with Gasteiger partial charge in [-0.05, 0) is 12.1 Å². The van der Waals surface area contributed by atoms with Gasteiger partial charge in [-0.1, -0.05) is 6.07 Å². The minimum Gasteiger partial charge on any atom is -0.388 e. The van der Waals surface area contributed by atoms with Crippen molar-refractivity contribution in [3.63, 3.8) is 0 Å². The molecule has 86 valence electrons. The molecule has 0 amide bonds. The predicted molar refractivity (Wildman–Crippen MR) is 56.9 cm³/mol. The van der Waals surface area contributed by atoms with Gasteiger partial charge in [0.1, 0.15) is 24.3 Å². The molecule has 5 heteroatoms.